The minimum absolute atomic E-state index is 0.161. The van der Waals surface area contributed by atoms with Crippen LogP contribution in [0.3, 0.4) is 0 Å². The summed E-state index contributed by atoms with van der Waals surface area (Å²) in [6.07, 6.45) is 0.753. The number of rotatable bonds is 6. The molecule has 2 aromatic rings. The zero-order valence-electron chi connectivity index (χ0n) is 13.1. The lowest BCUT2D eigenvalue weighted by molar-refractivity contribution is -0.124. The van der Waals surface area contributed by atoms with Crippen LogP contribution in [0.15, 0.2) is 22.0 Å². The average molecular weight is 335 g/mol. The number of carbonyl (C=O) groups is 1. The average Bonchev–Trinajstić information content (AvgIpc) is 3.20. The van der Waals surface area contributed by atoms with E-state index in [0.717, 1.165) is 37.5 Å². The first-order chi connectivity index (χ1) is 11.2. The normalized spacial score (nSPS) is 18.1. The number of thiophene rings is 1. The topological polar surface area (TPSA) is 88.5 Å². The Morgan fingerprint density at radius 3 is 2.83 bits per heavy atom. The molecule has 1 aliphatic rings. The minimum atomic E-state index is -0.238. The van der Waals surface area contributed by atoms with Gasteiger partial charge in [0.05, 0.1) is 17.5 Å². The van der Waals surface area contributed by atoms with Crippen molar-refractivity contribution in [1.29, 1.82) is 0 Å². The van der Waals surface area contributed by atoms with Crippen LogP contribution in [-0.2, 0) is 11.3 Å². The van der Waals surface area contributed by atoms with Crippen LogP contribution < -0.4 is 5.73 Å². The fraction of sp³-hybridized carbons (Fsp3) is 0.533. The molecule has 23 heavy (non-hydrogen) atoms. The number of carbonyl (C=O) groups excluding carboxylic acids is 1. The Kier molecular flexibility index (Phi) is 5.04. The molecule has 0 spiro atoms. The van der Waals surface area contributed by atoms with Crippen molar-refractivity contribution in [2.75, 3.05) is 26.2 Å². The molecule has 1 saturated heterocycles. The quantitative estimate of drug-likeness (QED) is 0.853. The van der Waals surface area contributed by atoms with Crippen molar-refractivity contribution in [1.82, 2.24) is 19.9 Å². The molecule has 1 fully saturated rings. The van der Waals surface area contributed by atoms with Crippen molar-refractivity contribution in [3.05, 3.63) is 23.4 Å². The first-order valence-electron chi connectivity index (χ1n) is 7.79. The lowest BCUT2D eigenvalue weighted by atomic mass is 10.1. The monoisotopic (exact) mass is 335 g/mol. The Balaban J connectivity index is 1.54. The van der Waals surface area contributed by atoms with E-state index in [0.29, 0.717) is 18.3 Å². The van der Waals surface area contributed by atoms with Crippen molar-refractivity contribution >= 4 is 17.2 Å². The predicted molar refractivity (Wildman–Crippen MR) is 87.7 cm³/mol. The molecule has 3 rings (SSSR count). The van der Waals surface area contributed by atoms with E-state index in [-0.39, 0.29) is 11.9 Å². The number of primary amides is 1. The lowest BCUT2D eigenvalue weighted by Gasteiger charge is -2.37. The van der Waals surface area contributed by atoms with Gasteiger partial charge in [0, 0.05) is 26.2 Å². The van der Waals surface area contributed by atoms with E-state index in [1.165, 1.54) is 0 Å². The SMILES string of the molecule is CC[C@H](C(N)=O)N1CCN(Cc2nc(-c3cccs3)no2)CC1. The first-order valence-corrected chi connectivity index (χ1v) is 8.67. The Hall–Kier alpha value is -1.77. The Morgan fingerprint density at radius 1 is 1.43 bits per heavy atom. The maximum absolute atomic E-state index is 11.5. The molecule has 1 atom stereocenters. The molecule has 0 aromatic carbocycles. The van der Waals surface area contributed by atoms with E-state index in [9.17, 15) is 4.79 Å². The van der Waals surface area contributed by atoms with Gasteiger partial charge in [-0.1, -0.05) is 18.1 Å². The summed E-state index contributed by atoms with van der Waals surface area (Å²) >= 11 is 1.60. The predicted octanol–water partition coefficient (Wildman–Crippen LogP) is 1.18. The van der Waals surface area contributed by atoms with Gasteiger partial charge in [0.2, 0.25) is 17.6 Å². The Morgan fingerprint density at radius 2 is 2.22 bits per heavy atom. The van der Waals surface area contributed by atoms with Crippen LogP contribution in [-0.4, -0.2) is 58.1 Å². The molecule has 8 heteroatoms. The summed E-state index contributed by atoms with van der Waals surface area (Å²) in [7, 11) is 0. The van der Waals surface area contributed by atoms with Crippen molar-refractivity contribution in [3.8, 4) is 10.7 Å². The highest BCUT2D eigenvalue weighted by molar-refractivity contribution is 7.13. The summed E-state index contributed by atoms with van der Waals surface area (Å²) in [6.45, 7) is 6.01. The number of hydrogen-bond donors (Lipinski definition) is 1. The van der Waals surface area contributed by atoms with Gasteiger partial charge in [-0.05, 0) is 17.9 Å². The van der Waals surface area contributed by atoms with Gasteiger partial charge in [0.1, 0.15) is 0 Å². The third kappa shape index (κ3) is 3.77. The third-order valence-electron chi connectivity index (χ3n) is 4.13. The molecule has 0 saturated carbocycles. The highest BCUT2D eigenvalue weighted by Gasteiger charge is 2.26. The largest absolute Gasteiger partial charge is 0.368 e. The van der Waals surface area contributed by atoms with Crippen LogP contribution in [0.2, 0.25) is 0 Å². The van der Waals surface area contributed by atoms with Gasteiger partial charge in [-0.2, -0.15) is 4.98 Å². The maximum atomic E-state index is 11.5. The molecular weight excluding hydrogens is 314 g/mol. The summed E-state index contributed by atoms with van der Waals surface area (Å²) in [5.41, 5.74) is 5.46. The van der Waals surface area contributed by atoms with Gasteiger partial charge in [-0.15, -0.1) is 11.3 Å². The second-order valence-corrected chi connectivity index (χ2v) is 6.58. The van der Waals surface area contributed by atoms with E-state index in [4.69, 9.17) is 10.3 Å². The van der Waals surface area contributed by atoms with Crippen LogP contribution in [0.5, 0.6) is 0 Å². The van der Waals surface area contributed by atoms with Gasteiger partial charge in [-0.3, -0.25) is 14.6 Å². The molecule has 0 aliphatic carbocycles. The van der Waals surface area contributed by atoms with Crippen molar-refractivity contribution in [3.63, 3.8) is 0 Å². The van der Waals surface area contributed by atoms with Gasteiger partial charge in [0.25, 0.3) is 0 Å². The highest BCUT2D eigenvalue weighted by atomic mass is 32.1. The van der Waals surface area contributed by atoms with E-state index in [1.807, 2.05) is 24.4 Å². The van der Waals surface area contributed by atoms with Gasteiger partial charge in [-0.25, -0.2) is 0 Å². The van der Waals surface area contributed by atoms with Crippen LogP contribution in [0.25, 0.3) is 10.7 Å². The summed E-state index contributed by atoms with van der Waals surface area (Å²) in [5, 5.41) is 6.02. The first kappa shape index (κ1) is 16.1. The molecule has 0 radical (unpaired) electrons. The van der Waals surface area contributed by atoms with Crippen molar-refractivity contribution in [2.45, 2.75) is 25.9 Å². The number of nitrogens with two attached hydrogens (primary N) is 1. The minimum Gasteiger partial charge on any atom is -0.368 e. The molecular formula is C15H21N5O2S. The fourth-order valence-corrected chi connectivity index (χ4v) is 3.54. The molecule has 3 heterocycles. The molecule has 0 bridgehead atoms. The number of nitrogens with zero attached hydrogens (tertiary/aromatic N) is 4. The second kappa shape index (κ2) is 7.20. The van der Waals surface area contributed by atoms with Gasteiger partial charge >= 0.3 is 0 Å². The number of amides is 1. The van der Waals surface area contributed by atoms with Crippen LogP contribution >= 0.6 is 11.3 Å². The Bertz CT molecular complexity index is 634. The zero-order valence-corrected chi connectivity index (χ0v) is 14.0. The summed E-state index contributed by atoms with van der Waals surface area (Å²) < 4.78 is 5.34. The maximum Gasteiger partial charge on any atom is 0.241 e. The van der Waals surface area contributed by atoms with Crippen molar-refractivity contribution in [2.24, 2.45) is 5.73 Å². The summed E-state index contributed by atoms with van der Waals surface area (Å²) in [5.74, 6) is 1.04. The molecule has 1 amide bonds. The van der Waals surface area contributed by atoms with Crippen LogP contribution in [0, 0.1) is 0 Å². The van der Waals surface area contributed by atoms with Gasteiger partial charge < -0.3 is 10.3 Å². The van der Waals surface area contributed by atoms with E-state index >= 15 is 0 Å². The van der Waals surface area contributed by atoms with Crippen molar-refractivity contribution < 1.29 is 9.32 Å². The van der Waals surface area contributed by atoms with E-state index in [2.05, 4.69) is 19.9 Å². The van der Waals surface area contributed by atoms with Crippen LogP contribution in [0.1, 0.15) is 19.2 Å². The Labute approximate surface area is 139 Å². The van der Waals surface area contributed by atoms with Gasteiger partial charge in [0.15, 0.2) is 0 Å². The fourth-order valence-electron chi connectivity index (χ4n) is 2.89. The summed E-state index contributed by atoms with van der Waals surface area (Å²) in [4.78, 5) is 21.3. The third-order valence-corrected chi connectivity index (χ3v) is 5.00. The van der Waals surface area contributed by atoms with Crippen LogP contribution in [0.4, 0.5) is 0 Å². The number of hydrogen-bond acceptors (Lipinski definition) is 7. The lowest BCUT2D eigenvalue weighted by Crippen LogP contribution is -2.53. The number of piperazine rings is 1. The highest BCUT2D eigenvalue weighted by Crippen LogP contribution is 2.21. The van der Waals surface area contributed by atoms with E-state index in [1.54, 1.807) is 11.3 Å². The smallest absolute Gasteiger partial charge is 0.241 e. The number of aromatic nitrogens is 2. The molecule has 124 valence electrons. The summed E-state index contributed by atoms with van der Waals surface area (Å²) in [6, 6.07) is 3.79. The molecule has 0 unspecified atom stereocenters. The molecule has 2 N–H and O–H groups in total. The van der Waals surface area contributed by atoms with E-state index < -0.39 is 0 Å². The molecule has 7 nitrogen and oxygen atoms in total. The standard InChI is InChI=1S/C15H21N5O2S/c1-2-11(14(16)21)20-7-5-19(6-8-20)10-13-17-15(18-22-13)12-4-3-9-23-12/h3-4,9,11H,2,5-8,10H2,1H3,(H2,16,21)/t11-/m1/s1. The molecule has 1 aliphatic heterocycles. The second-order valence-electron chi connectivity index (χ2n) is 5.63. The molecule has 2 aromatic heterocycles. The zero-order chi connectivity index (χ0) is 16.2.